The summed E-state index contributed by atoms with van der Waals surface area (Å²) < 4.78 is 0. The van der Waals surface area contributed by atoms with Gasteiger partial charge in [0.15, 0.2) is 0 Å². The highest BCUT2D eigenvalue weighted by Crippen LogP contribution is 2.31. The van der Waals surface area contributed by atoms with E-state index in [9.17, 15) is 0 Å². The molecule has 0 amide bonds. The van der Waals surface area contributed by atoms with Crippen LogP contribution in [0.5, 0.6) is 0 Å². The van der Waals surface area contributed by atoms with Gasteiger partial charge in [-0.05, 0) is 18.4 Å². The van der Waals surface area contributed by atoms with Crippen LogP contribution in [0.25, 0.3) is 0 Å². The Balaban J connectivity index is 1.46. The maximum absolute atomic E-state index is 2.62. The third-order valence-corrected chi connectivity index (χ3v) is 10.7. The summed E-state index contributed by atoms with van der Waals surface area (Å²) in [6.45, 7) is 6.99. The number of unbranched alkanes of at least 4 members (excludes halogenated alkanes) is 30. The van der Waals surface area contributed by atoms with Gasteiger partial charge in [0.25, 0.3) is 0 Å². The Morgan fingerprint density at radius 2 is 0.596 bits per heavy atom. The van der Waals surface area contributed by atoms with Crippen molar-refractivity contribution in [1.82, 2.24) is 9.80 Å². The number of nitrogens with zero attached hydrogens (tertiary/aromatic N) is 2. The molecule has 0 fully saturated rings. The zero-order valence-electron chi connectivity index (χ0n) is 32.1. The van der Waals surface area contributed by atoms with Crippen molar-refractivity contribution in [3.05, 3.63) is 48.3 Å². The van der Waals surface area contributed by atoms with Gasteiger partial charge >= 0.3 is 0 Å². The highest BCUT2D eigenvalue weighted by molar-refractivity contribution is 5.21. The first-order valence-electron chi connectivity index (χ1n) is 21.6. The van der Waals surface area contributed by atoms with E-state index in [1.54, 1.807) is 0 Å². The van der Waals surface area contributed by atoms with Gasteiger partial charge in [-0.15, -0.1) is 0 Å². The van der Waals surface area contributed by atoms with E-state index in [-0.39, 0.29) is 0 Å². The Labute approximate surface area is 295 Å². The van der Waals surface area contributed by atoms with E-state index >= 15 is 0 Å². The van der Waals surface area contributed by atoms with Crippen molar-refractivity contribution in [3.8, 4) is 0 Å². The second-order valence-corrected chi connectivity index (χ2v) is 15.2. The molecule has 0 N–H and O–H groups in total. The molecule has 0 bridgehead atoms. The predicted octanol–water partition coefficient (Wildman–Crippen LogP) is 15.3. The monoisotopic (exact) mass is 651 g/mol. The lowest BCUT2D eigenvalue weighted by Crippen LogP contribution is -2.32. The van der Waals surface area contributed by atoms with Crippen LogP contribution in [0.2, 0.25) is 0 Å². The highest BCUT2D eigenvalue weighted by Gasteiger charge is 2.26. The molecule has 1 aliphatic rings. The summed E-state index contributed by atoms with van der Waals surface area (Å²) in [5, 5.41) is 0. The van der Waals surface area contributed by atoms with Crippen LogP contribution in [-0.4, -0.2) is 22.9 Å². The third-order valence-electron chi connectivity index (χ3n) is 10.7. The van der Waals surface area contributed by atoms with Gasteiger partial charge in [-0.2, -0.15) is 0 Å². The van der Waals surface area contributed by atoms with Crippen LogP contribution >= 0.6 is 0 Å². The normalized spacial score (nSPS) is 13.4. The van der Waals surface area contributed by atoms with Crippen LogP contribution in [0.4, 0.5) is 0 Å². The quantitative estimate of drug-likeness (QED) is 0.0675. The Hall–Kier alpha value is -1.44. The van der Waals surface area contributed by atoms with Gasteiger partial charge in [0.2, 0.25) is 0 Å². The Bertz CT molecular complexity index is 742. The molecule has 2 rings (SSSR count). The minimum absolute atomic E-state index is 0.392. The smallest absolute Gasteiger partial charge is 0.127 e. The van der Waals surface area contributed by atoms with E-state index < -0.39 is 0 Å². The maximum Gasteiger partial charge on any atom is 0.127 e. The standard InChI is InChI=1S/C45H82N2/c1-3-5-7-9-11-13-15-17-19-21-23-25-27-29-31-36-40-46-42-43-47(45(46)44-38-34-33-35-39-44)41-37-32-30-28-26-24-22-20-18-16-14-12-10-8-6-4-2/h33-35,38-39,42-43,45H,3-32,36-37,40-41H2,1-2H3. The molecule has 0 spiro atoms. The Kier molecular flexibility index (Phi) is 28.2. The number of hydrogen-bond donors (Lipinski definition) is 0. The van der Waals surface area contributed by atoms with Crippen LogP contribution in [0.15, 0.2) is 42.7 Å². The van der Waals surface area contributed by atoms with Crippen molar-refractivity contribution in [2.45, 2.75) is 225 Å². The van der Waals surface area contributed by atoms with Gasteiger partial charge in [-0.25, -0.2) is 0 Å². The first kappa shape index (κ1) is 41.7. The van der Waals surface area contributed by atoms with Gasteiger partial charge in [0.1, 0.15) is 6.17 Å². The maximum atomic E-state index is 2.62. The molecule has 0 aliphatic carbocycles. The van der Waals surface area contributed by atoms with Crippen molar-refractivity contribution < 1.29 is 0 Å². The van der Waals surface area contributed by atoms with Gasteiger partial charge in [0, 0.05) is 25.5 Å². The van der Waals surface area contributed by atoms with Gasteiger partial charge in [-0.1, -0.05) is 237 Å². The predicted molar refractivity (Wildman–Crippen MR) is 211 cm³/mol. The Morgan fingerprint density at radius 3 is 0.872 bits per heavy atom. The average Bonchev–Trinajstić information content (AvgIpc) is 3.50. The molecule has 0 radical (unpaired) electrons. The molecule has 1 heterocycles. The van der Waals surface area contributed by atoms with E-state index in [4.69, 9.17) is 0 Å². The summed E-state index contributed by atoms with van der Waals surface area (Å²) >= 11 is 0. The second-order valence-electron chi connectivity index (χ2n) is 15.2. The molecule has 47 heavy (non-hydrogen) atoms. The van der Waals surface area contributed by atoms with Gasteiger partial charge in [0.05, 0.1) is 0 Å². The summed E-state index contributed by atoms with van der Waals surface area (Å²) in [4.78, 5) is 5.23. The first-order valence-corrected chi connectivity index (χ1v) is 21.6. The fraction of sp³-hybridized carbons (Fsp3) is 0.822. The van der Waals surface area contributed by atoms with Crippen molar-refractivity contribution in [1.29, 1.82) is 0 Å². The zero-order valence-corrected chi connectivity index (χ0v) is 32.1. The van der Waals surface area contributed by atoms with Crippen molar-refractivity contribution in [2.24, 2.45) is 0 Å². The molecule has 1 aromatic rings. The lowest BCUT2D eigenvalue weighted by atomic mass is 10.0. The number of benzene rings is 1. The molecular weight excluding hydrogens is 569 g/mol. The molecule has 2 nitrogen and oxygen atoms in total. The lowest BCUT2D eigenvalue weighted by Gasteiger charge is -2.33. The molecule has 0 saturated carbocycles. The summed E-state index contributed by atoms with van der Waals surface area (Å²) in [6.07, 6.45) is 51.1. The molecule has 1 aliphatic heterocycles. The van der Waals surface area contributed by atoms with E-state index in [0.29, 0.717) is 6.17 Å². The minimum atomic E-state index is 0.392. The van der Waals surface area contributed by atoms with Gasteiger partial charge < -0.3 is 9.80 Å². The van der Waals surface area contributed by atoms with Crippen LogP contribution < -0.4 is 0 Å². The summed E-state index contributed by atoms with van der Waals surface area (Å²) in [5.41, 5.74) is 1.45. The molecule has 0 atom stereocenters. The number of rotatable bonds is 35. The second kappa shape index (κ2) is 31.8. The molecular formula is C45H82N2. The Morgan fingerprint density at radius 1 is 0.340 bits per heavy atom. The molecule has 1 aromatic carbocycles. The van der Waals surface area contributed by atoms with E-state index in [1.807, 2.05) is 0 Å². The SMILES string of the molecule is CCCCCCCCCCCCCCCCCCN1C=CN(CCCCCCCCCCCCCCCCCC)C1c1ccccc1. The van der Waals surface area contributed by atoms with Crippen molar-refractivity contribution in [2.75, 3.05) is 13.1 Å². The largest absolute Gasteiger partial charge is 0.352 e. The van der Waals surface area contributed by atoms with Crippen molar-refractivity contribution >= 4 is 0 Å². The average molecular weight is 651 g/mol. The van der Waals surface area contributed by atoms with E-state index in [2.05, 4.69) is 66.4 Å². The summed E-state index contributed by atoms with van der Waals surface area (Å²) in [5.74, 6) is 0. The van der Waals surface area contributed by atoms with Gasteiger partial charge in [-0.3, -0.25) is 0 Å². The van der Waals surface area contributed by atoms with Crippen LogP contribution in [0, 0.1) is 0 Å². The van der Waals surface area contributed by atoms with Crippen LogP contribution in [-0.2, 0) is 0 Å². The fourth-order valence-corrected chi connectivity index (χ4v) is 7.61. The molecule has 0 aromatic heterocycles. The van der Waals surface area contributed by atoms with Crippen LogP contribution in [0.3, 0.4) is 0 Å². The molecule has 2 heteroatoms. The molecule has 0 saturated heterocycles. The lowest BCUT2D eigenvalue weighted by molar-refractivity contribution is 0.149. The van der Waals surface area contributed by atoms with Crippen LogP contribution in [0.1, 0.15) is 231 Å². The minimum Gasteiger partial charge on any atom is -0.352 e. The topological polar surface area (TPSA) is 6.48 Å². The van der Waals surface area contributed by atoms with E-state index in [1.165, 1.54) is 224 Å². The van der Waals surface area contributed by atoms with Crippen molar-refractivity contribution in [3.63, 3.8) is 0 Å². The third kappa shape index (κ3) is 22.8. The number of hydrogen-bond acceptors (Lipinski definition) is 2. The molecule has 272 valence electrons. The summed E-state index contributed by atoms with van der Waals surface area (Å²) in [6, 6.07) is 11.3. The first-order chi connectivity index (χ1) is 23.4. The molecule has 0 unspecified atom stereocenters. The fourth-order valence-electron chi connectivity index (χ4n) is 7.61. The van der Waals surface area contributed by atoms with E-state index in [0.717, 1.165) is 0 Å². The zero-order chi connectivity index (χ0) is 33.3. The summed E-state index contributed by atoms with van der Waals surface area (Å²) in [7, 11) is 0. The highest BCUT2D eigenvalue weighted by atomic mass is 15.4.